The predicted octanol–water partition coefficient (Wildman–Crippen LogP) is 3.43. The van der Waals surface area contributed by atoms with E-state index in [4.69, 9.17) is 14.0 Å². The molecule has 0 N–H and O–H groups in total. The van der Waals surface area contributed by atoms with E-state index in [1.165, 1.54) is 0 Å². The van der Waals surface area contributed by atoms with E-state index in [9.17, 15) is 9.59 Å². The molecule has 2 aromatic rings. The highest BCUT2D eigenvalue weighted by molar-refractivity contribution is 5.91. The molecule has 1 fully saturated rings. The van der Waals surface area contributed by atoms with E-state index in [1.54, 1.807) is 29.2 Å². The van der Waals surface area contributed by atoms with Crippen molar-refractivity contribution in [3.8, 4) is 5.75 Å². The van der Waals surface area contributed by atoms with Crippen LogP contribution in [-0.4, -0.2) is 41.6 Å². The van der Waals surface area contributed by atoms with Crippen LogP contribution < -0.4 is 4.74 Å². The normalized spacial score (nSPS) is 14.4. The van der Waals surface area contributed by atoms with E-state index in [0.717, 1.165) is 55.8 Å². The Bertz CT molecular complexity index is 785. The lowest BCUT2D eigenvalue weighted by Gasteiger charge is -2.19. The molecule has 1 aromatic carbocycles. The third-order valence-corrected chi connectivity index (χ3v) is 4.94. The first-order chi connectivity index (χ1) is 13.5. The Morgan fingerprint density at radius 1 is 1.07 bits per heavy atom. The van der Waals surface area contributed by atoms with Crippen LogP contribution in [-0.2, 0) is 16.1 Å². The summed E-state index contributed by atoms with van der Waals surface area (Å²) in [6.07, 6.45) is 4.31. The lowest BCUT2D eigenvalue weighted by Crippen LogP contribution is -2.35. The van der Waals surface area contributed by atoms with Crippen molar-refractivity contribution in [3.05, 3.63) is 46.8 Å². The number of aryl methyl sites for hydroxylation is 2. The molecule has 0 unspecified atom stereocenters. The Kier molecular flexibility index (Phi) is 6.68. The largest absolute Gasteiger partial charge is 0.489 e. The highest BCUT2D eigenvalue weighted by Crippen LogP contribution is 2.18. The van der Waals surface area contributed by atoms with Gasteiger partial charge in [-0.1, -0.05) is 18.0 Å². The molecule has 28 heavy (non-hydrogen) atoms. The van der Waals surface area contributed by atoms with Crippen LogP contribution in [0.25, 0.3) is 0 Å². The van der Waals surface area contributed by atoms with E-state index >= 15 is 0 Å². The van der Waals surface area contributed by atoms with Crippen LogP contribution in [0.3, 0.4) is 0 Å². The van der Waals surface area contributed by atoms with Crippen LogP contribution in [0.2, 0.25) is 0 Å². The molecule has 1 amide bonds. The van der Waals surface area contributed by atoms with Gasteiger partial charge in [0.05, 0.1) is 16.8 Å². The van der Waals surface area contributed by atoms with Crippen LogP contribution in [0.4, 0.5) is 0 Å². The Morgan fingerprint density at radius 3 is 2.36 bits per heavy atom. The van der Waals surface area contributed by atoms with Gasteiger partial charge in [0.1, 0.15) is 18.1 Å². The van der Waals surface area contributed by atoms with Gasteiger partial charge in [-0.05, 0) is 51.0 Å². The number of nitrogens with zero attached hydrogens (tertiary/aromatic N) is 2. The van der Waals surface area contributed by atoms with Gasteiger partial charge in [-0.2, -0.15) is 0 Å². The Hall–Kier alpha value is -2.83. The highest BCUT2D eigenvalue weighted by Gasteiger charge is 2.18. The van der Waals surface area contributed by atoms with E-state index in [-0.39, 0.29) is 12.5 Å². The highest BCUT2D eigenvalue weighted by atomic mass is 16.5. The fourth-order valence-electron chi connectivity index (χ4n) is 3.17. The molecule has 150 valence electrons. The molecule has 7 nitrogen and oxygen atoms in total. The lowest BCUT2D eigenvalue weighted by molar-refractivity contribution is -0.134. The number of carbonyl (C=O) groups is 2. The summed E-state index contributed by atoms with van der Waals surface area (Å²) < 4.78 is 16.0. The van der Waals surface area contributed by atoms with Gasteiger partial charge >= 0.3 is 5.97 Å². The average Bonchev–Trinajstić information content (AvgIpc) is 2.91. The van der Waals surface area contributed by atoms with Crippen molar-refractivity contribution < 1.29 is 23.6 Å². The van der Waals surface area contributed by atoms with Gasteiger partial charge in [0.2, 0.25) is 0 Å². The standard InChI is InChI=1S/C21H26N2O5/c1-15-19(16(2)28-22-15)13-26-18-9-7-17(8-10-18)21(25)27-14-20(24)23-11-5-3-4-6-12-23/h7-10H,3-6,11-14H2,1-2H3. The topological polar surface area (TPSA) is 81.9 Å². The van der Waals surface area contributed by atoms with E-state index in [0.29, 0.717) is 17.9 Å². The maximum Gasteiger partial charge on any atom is 0.338 e. The summed E-state index contributed by atoms with van der Waals surface area (Å²) in [6, 6.07) is 6.65. The van der Waals surface area contributed by atoms with Crippen LogP contribution in [0.1, 0.15) is 53.1 Å². The number of rotatable bonds is 6. The Labute approximate surface area is 164 Å². The molecule has 0 spiro atoms. The molecule has 2 heterocycles. The molecule has 0 aliphatic carbocycles. The van der Waals surface area contributed by atoms with Crippen LogP contribution >= 0.6 is 0 Å². The first-order valence-corrected chi connectivity index (χ1v) is 9.64. The summed E-state index contributed by atoms with van der Waals surface area (Å²) in [6.45, 7) is 5.31. The fourth-order valence-corrected chi connectivity index (χ4v) is 3.17. The first-order valence-electron chi connectivity index (χ1n) is 9.64. The Morgan fingerprint density at radius 2 is 1.75 bits per heavy atom. The van der Waals surface area contributed by atoms with Gasteiger partial charge in [0.25, 0.3) is 5.91 Å². The van der Waals surface area contributed by atoms with Gasteiger partial charge in [0, 0.05) is 13.1 Å². The summed E-state index contributed by atoms with van der Waals surface area (Å²) in [5, 5.41) is 3.89. The van der Waals surface area contributed by atoms with Crippen LogP contribution in [0.15, 0.2) is 28.8 Å². The minimum Gasteiger partial charge on any atom is -0.489 e. The molecule has 1 saturated heterocycles. The molecule has 7 heteroatoms. The number of hydrogen-bond donors (Lipinski definition) is 0. The van der Waals surface area contributed by atoms with Crippen molar-refractivity contribution >= 4 is 11.9 Å². The third-order valence-electron chi connectivity index (χ3n) is 4.94. The predicted molar refractivity (Wildman–Crippen MR) is 102 cm³/mol. The molecule has 0 bridgehead atoms. The van der Waals surface area contributed by atoms with Crippen molar-refractivity contribution in [3.63, 3.8) is 0 Å². The SMILES string of the molecule is Cc1noc(C)c1COc1ccc(C(=O)OCC(=O)N2CCCCCC2)cc1. The first kappa shape index (κ1) is 19.9. The molecule has 0 saturated carbocycles. The maximum absolute atomic E-state index is 12.2. The zero-order valence-electron chi connectivity index (χ0n) is 16.4. The number of aromatic nitrogens is 1. The van der Waals surface area contributed by atoms with Crippen molar-refractivity contribution in [1.29, 1.82) is 0 Å². The minimum atomic E-state index is -0.513. The smallest absolute Gasteiger partial charge is 0.338 e. The molecular formula is C21H26N2O5. The molecular weight excluding hydrogens is 360 g/mol. The number of benzene rings is 1. The second kappa shape index (κ2) is 9.39. The molecule has 0 atom stereocenters. The Balaban J connectivity index is 1.48. The number of ether oxygens (including phenoxy) is 2. The van der Waals surface area contributed by atoms with Gasteiger partial charge in [-0.15, -0.1) is 0 Å². The second-order valence-electron chi connectivity index (χ2n) is 6.99. The maximum atomic E-state index is 12.2. The minimum absolute atomic E-state index is 0.130. The lowest BCUT2D eigenvalue weighted by atomic mass is 10.2. The number of likely N-dealkylation sites (tertiary alicyclic amines) is 1. The van der Waals surface area contributed by atoms with E-state index < -0.39 is 5.97 Å². The molecule has 1 aliphatic rings. The monoisotopic (exact) mass is 386 g/mol. The number of esters is 1. The summed E-state index contributed by atoms with van der Waals surface area (Å²) in [5.41, 5.74) is 2.09. The van der Waals surface area contributed by atoms with Gasteiger partial charge in [-0.25, -0.2) is 4.79 Å². The van der Waals surface area contributed by atoms with Gasteiger partial charge in [-0.3, -0.25) is 4.79 Å². The van der Waals surface area contributed by atoms with Crippen LogP contribution in [0, 0.1) is 13.8 Å². The second-order valence-corrected chi connectivity index (χ2v) is 6.99. The summed E-state index contributed by atoms with van der Waals surface area (Å²) >= 11 is 0. The quantitative estimate of drug-likeness (QED) is 0.708. The van der Waals surface area contributed by atoms with Gasteiger partial charge in [0.15, 0.2) is 6.61 Å². The van der Waals surface area contributed by atoms with Crippen molar-refractivity contribution in [2.45, 2.75) is 46.1 Å². The van der Waals surface area contributed by atoms with Crippen molar-refractivity contribution in [1.82, 2.24) is 10.1 Å². The molecule has 1 aromatic heterocycles. The average molecular weight is 386 g/mol. The molecule has 1 aliphatic heterocycles. The van der Waals surface area contributed by atoms with Crippen molar-refractivity contribution in [2.24, 2.45) is 0 Å². The zero-order chi connectivity index (χ0) is 19.9. The van der Waals surface area contributed by atoms with Crippen LogP contribution in [0.5, 0.6) is 5.75 Å². The number of amides is 1. The fraction of sp³-hybridized carbons (Fsp3) is 0.476. The summed E-state index contributed by atoms with van der Waals surface area (Å²) in [5.74, 6) is 0.707. The van der Waals surface area contributed by atoms with E-state index in [2.05, 4.69) is 5.16 Å². The third kappa shape index (κ3) is 5.12. The van der Waals surface area contributed by atoms with Crippen molar-refractivity contribution in [2.75, 3.05) is 19.7 Å². The molecule has 3 rings (SSSR count). The summed E-state index contributed by atoms with van der Waals surface area (Å²) in [7, 11) is 0. The number of hydrogen-bond acceptors (Lipinski definition) is 6. The van der Waals surface area contributed by atoms with Gasteiger partial charge < -0.3 is 18.9 Å². The van der Waals surface area contributed by atoms with E-state index in [1.807, 2.05) is 13.8 Å². The number of carbonyl (C=O) groups excluding carboxylic acids is 2. The summed E-state index contributed by atoms with van der Waals surface area (Å²) in [4.78, 5) is 26.2. The zero-order valence-corrected chi connectivity index (χ0v) is 16.4. The molecule has 0 radical (unpaired) electrons.